The van der Waals surface area contributed by atoms with E-state index in [1.807, 2.05) is 0 Å². The van der Waals surface area contributed by atoms with E-state index in [4.69, 9.17) is 13.7 Å². The molecule has 2 aromatic carbocycles. The fourth-order valence-electron chi connectivity index (χ4n) is 3.12. The molecule has 1 aromatic heterocycles. The van der Waals surface area contributed by atoms with Crippen LogP contribution in [0.4, 0.5) is 5.69 Å². The van der Waals surface area contributed by atoms with Crippen LogP contribution in [0.3, 0.4) is 0 Å². The molecule has 0 bridgehead atoms. The second-order valence-electron chi connectivity index (χ2n) is 7.01. The quantitative estimate of drug-likeness (QED) is 0.639. The van der Waals surface area contributed by atoms with Crippen molar-refractivity contribution in [2.24, 2.45) is 5.14 Å². The molecule has 30 heavy (non-hydrogen) atoms. The summed E-state index contributed by atoms with van der Waals surface area (Å²) in [6, 6.07) is 11.3. The number of nitrogens with zero attached hydrogens (tertiary/aromatic N) is 1. The maximum absolute atomic E-state index is 12.9. The molecule has 0 aliphatic heterocycles. The number of aromatic hydroxyl groups is 1. The summed E-state index contributed by atoms with van der Waals surface area (Å²) >= 11 is 0. The van der Waals surface area contributed by atoms with Crippen molar-refractivity contribution in [3.05, 3.63) is 64.9 Å². The summed E-state index contributed by atoms with van der Waals surface area (Å²) < 4.78 is 32.8. The molecule has 0 aliphatic carbocycles. The van der Waals surface area contributed by atoms with Gasteiger partial charge in [-0.05, 0) is 67.8 Å². The third-order valence-corrected chi connectivity index (χ3v) is 5.08. The van der Waals surface area contributed by atoms with Crippen molar-refractivity contribution < 1.29 is 26.9 Å². The molecule has 0 atom stereocenters. The lowest BCUT2D eigenvalue weighted by Gasteiger charge is -2.19. The summed E-state index contributed by atoms with van der Waals surface area (Å²) in [6.45, 7) is 5.34. The lowest BCUT2D eigenvalue weighted by Crippen LogP contribution is -2.26. The molecule has 0 aliphatic rings. The highest BCUT2D eigenvalue weighted by Gasteiger charge is 2.21. The number of amides is 1. The molecule has 3 aromatic rings. The first-order valence-electron chi connectivity index (χ1n) is 8.97. The van der Waals surface area contributed by atoms with Gasteiger partial charge in [0.25, 0.3) is 5.91 Å². The van der Waals surface area contributed by atoms with Gasteiger partial charge in [0.1, 0.15) is 17.3 Å². The van der Waals surface area contributed by atoms with Crippen LogP contribution in [0, 0.1) is 20.8 Å². The summed E-state index contributed by atoms with van der Waals surface area (Å²) in [5, 5.41) is 14.9. The van der Waals surface area contributed by atoms with Crippen LogP contribution in [0.25, 0.3) is 11.3 Å². The number of carbonyl (C=O) groups excluding carboxylic acids is 1. The highest BCUT2D eigenvalue weighted by molar-refractivity contribution is 7.84. The zero-order chi connectivity index (χ0) is 22.2. The number of rotatable bonds is 5. The van der Waals surface area contributed by atoms with Crippen LogP contribution in [0.5, 0.6) is 11.5 Å². The summed E-state index contributed by atoms with van der Waals surface area (Å²) in [5.41, 5.74) is 3.31. The van der Waals surface area contributed by atoms with Crippen LogP contribution in [0.2, 0.25) is 0 Å². The van der Waals surface area contributed by atoms with E-state index in [9.17, 15) is 18.3 Å². The molecule has 1 heterocycles. The van der Waals surface area contributed by atoms with Crippen molar-refractivity contribution >= 4 is 21.9 Å². The predicted octanol–water partition coefficient (Wildman–Crippen LogP) is 3.44. The van der Waals surface area contributed by atoms with E-state index in [0.717, 1.165) is 11.1 Å². The Balaban J connectivity index is 1.90. The molecule has 3 rings (SSSR count). The minimum absolute atomic E-state index is 0.00655. The molecule has 158 valence electrons. The standard InChI is InChI=1S/C21H22N2O6S/c1-12-5-6-16(29-30(22,26)27)11-17(12)23(4)21(25)19-8-7-18(28-19)15-9-13(2)20(24)14(3)10-15/h5-11,24H,1-4H3,(H2,22,26,27). The van der Waals surface area contributed by atoms with Crippen LogP contribution in [0.1, 0.15) is 27.2 Å². The van der Waals surface area contributed by atoms with Gasteiger partial charge in [0.2, 0.25) is 0 Å². The second-order valence-corrected chi connectivity index (χ2v) is 8.16. The highest BCUT2D eigenvalue weighted by Crippen LogP contribution is 2.31. The van der Waals surface area contributed by atoms with Gasteiger partial charge in [0.15, 0.2) is 5.76 Å². The van der Waals surface area contributed by atoms with Gasteiger partial charge in [-0.1, -0.05) is 6.07 Å². The Labute approximate surface area is 174 Å². The lowest BCUT2D eigenvalue weighted by molar-refractivity contribution is 0.0967. The maximum atomic E-state index is 12.9. The monoisotopic (exact) mass is 430 g/mol. The fourth-order valence-corrected chi connectivity index (χ4v) is 3.49. The molecule has 0 saturated heterocycles. The molecule has 8 nitrogen and oxygen atoms in total. The number of benzene rings is 2. The number of phenols is 1. The van der Waals surface area contributed by atoms with E-state index in [1.165, 1.54) is 17.0 Å². The van der Waals surface area contributed by atoms with Crippen molar-refractivity contribution in [1.29, 1.82) is 0 Å². The number of carbonyl (C=O) groups is 1. The minimum atomic E-state index is -4.18. The normalized spacial score (nSPS) is 11.4. The van der Waals surface area contributed by atoms with Gasteiger partial charge in [-0.3, -0.25) is 4.79 Å². The van der Waals surface area contributed by atoms with Crippen molar-refractivity contribution in [3.8, 4) is 22.8 Å². The SMILES string of the molecule is Cc1ccc(OS(N)(=O)=O)cc1N(C)C(=O)c1ccc(-c2cc(C)c(O)c(C)c2)o1. The third-order valence-electron chi connectivity index (χ3n) is 4.65. The van der Waals surface area contributed by atoms with Crippen LogP contribution in [0.15, 0.2) is 46.9 Å². The Kier molecular flexibility index (Phi) is 5.60. The zero-order valence-electron chi connectivity index (χ0n) is 17.0. The van der Waals surface area contributed by atoms with Crippen molar-refractivity contribution in [3.63, 3.8) is 0 Å². The van der Waals surface area contributed by atoms with Crippen molar-refractivity contribution in [1.82, 2.24) is 0 Å². The first-order chi connectivity index (χ1) is 14.0. The molecule has 3 N–H and O–H groups in total. The fraction of sp³-hybridized carbons (Fsp3) is 0.190. The van der Waals surface area contributed by atoms with E-state index in [1.54, 1.807) is 58.2 Å². The number of hydrogen-bond acceptors (Lipinski definition) is 6. The van der Waals surface area contributed by atoms with Gasteiger partial charge in [-0.15, -0.1) is 0 Å². The largest absolute Gasteiger partial charge is 0.507 e. The van der Waals surface area contributed by atoms with Crippen LogP contribution in [-0.4, -0.2) is 26.5 Å². The average molecular weight is 430 g/mol. The minimum Gasteiger partial charge on any atom is -0.507 e. The molecule has 9 heteroatoms. The molecule has 0 saturated carbocycles. The van der Waals surface area contributed by atoms with Gasteiger partial charge < -0.3 is 18.6 Å². The van der Waals surface area contributed by atoms with Gasteiger partial charge in [-0.2, -0.15) is 13.6 Å². The molecule has 0 fully saturated rings. The smallest absolute Gasteiger partial charge is 0.380 e. The Morgan fingerprint density at radius 3 is 2.27 bits per heavy atom. The molecule has 1 amide bonds. The van der Waals surface area contributed by atoms with E-state index in [2.05, 4.69) is 0 Å². The number of hydrogen-bond donors (Lipinski definition) is 2. The maximum Gasteiger partial charge on any atom is 0.380 e. The van der Waals surface area contributed by atoms with Crippen molar-refractivity contribution in [2.75, 3.05) is 11.9 Å². The first-order valence-corrected chi connectivity index (χ1v) is 10.4. The van der Waals surface area contributed by atoms with Gasteiger partial charge in [0.05, 0.1) is 5.69 Å². The lowest BCUT2D eigenvalue weighted by atomic mass is 10.0. The van der Waals surface area contributed by atoms with E-state index < -0.39 is 16.2 Å². The summed E-state index contributed by atoms with van der Waals surface area (Å²) in [6.07, 6.45) is 0. The third kappa shape index (κ3) is 4.47. The number of anilines is 1. The average Bonchev–Trinajstić information content (AvgIpc) is 3.15. The topological polar surface area (TPSA) is 123 Å². The van der Waals surface area contributed by atoms with E-state index in [-0.39, 0.29) is 17.3 Å². The molecule has 0 spiro atoms. The van der Waals surface area contributed by atoms with Crippen molar-refractivity contribution in [2.45, 2.75) is 20.8 Å². The summed E-state index contributed by atoms with van der Waals surface area (Å²) in [7, 11) is -2.64. The zero-order valence-corrected chi connectivity index (χ0v) is 17.8. The van der Waals surface area contributed by atoms with E-state index in [0.29, 0.717) is 22.6 Å². The van der Waals surface area contributed by atoms with E-state index >= 15 is 0 Å². The summed E-state index contributed by atoms with van der Waals surface area (Å²) in [5.74, 6) is 0.379. The Bertz CT molecular complexity index is 1210. The van der Waals surface area contributed by atoms with Crippen LogP contribution < -0.4 is 14.2 Å². The molecule has 0 radical (unpaired) electrons. The first kappa shape index (κ1) is 21.4. The van der Waals surface area contributed by atoms with Crippen LogP contribution in [-0.2, 0) is 10.3 Å². The summed E-state index contributed by atoms with van der Waals surface area (Å²) in [4.78, 5) is 14.3. The number of nitrogens with two attached hydrogens (primary N) is 1. The van der Waals surface area contributed by atoms with Gasteiger partial charge in [-0.25, -0.2) is 0 Å². The Morgan fingerprint density at radius 1 is 1.03 bits per heavy atom. The number of phenolic OH excluding ortho intramolecular Hbond substituents is 1. The Hall–Kier alpha value is -3.30. The van der Waals surface area contributed by atoms with Gasteiger partial charge >= 0.3 is 10.3 Å². The number of aryl methyl sites for hydroxylation is 3. The molecular weight excluding hydrogens is 408 g/mol. The predicted molar refractivity (Wildman–Crippen MR) is 113 cm³/mol. The Morgan fingerprint density at radius 2 is 1.67 bits per heavy atom. The molecule has 0 unspecified atom stereocenters. The molecular formula is C21H22N2O6S. The highest BCUT2D eigenvalue weighted by atomic mass is 32.2. The second kappa shape index (κ2) is 7.85. The van der Waals surface area contributed by atoms with Gasteiger partial charge in [0, 0.05) is 18.7 Å². The van der Waals surface area contributed by atoms with Crippen LogP contribution >= 0.6 is 0 Å². The number of furan rings is 1.